The summed E-state index contributed by atoms with van der Waals surface area (Å²) in [5, 5.41) is 8.16. The molecule has 3 rings (SSSR count). The molecule has 0 unspecified atom stereocenters. The van der Waals surface area contributed by atoms with Crippen LogP contribution < -0.4 is 5.32 Å². The van der Waals surface area contributed by atoms with Gasteiger partial charge in [0.15, 0.2) is 0 Å². The maximum atomic E-state index is 6.13. The lowest BCUT2D eigenvalue weighted by molar-refractivity contribution is 0.522. The molecule has 6 heteroatoms. The summed E-state index contributed by atoms with van der Waals surface area (Å²) in [6.45, 7) is 0.427. The molecule has 2 aromatic carbocycles. The Morgan fingerprint density at radius 2 is 1.81 bits per heavy atom. The Bertz CT molecular complexity index is 798. The summed E-state index contributed by atoms with van der Waals surface area (Å²) in [6, 6.07) is 17.2. The average Bonchev–Trinajstić information content (AvgIpc) is 2.88. The number of anilines is 1. The predicted molar refractivity (Wildman–Crippen MR) is 85.8 cm³/mol. The Kier molecular flexibility index (Phi) is 4.03. The Morgan fingerprint density at radius 3 is 2.57 bits per heavy atom. The summed E-state index contributed by atoms with van der Waals surface area (Å²) >= 11 is 11.3. The first-order chi connectivity index (χ1) is 10.2. The molecule has 0 saturated carbocycles. The van der Waals surface area contributed by atoms with Crippen LogP contribution in [-0.4, -0.2) is 9.78 Å². The normalized spacial score (nSPS) is 10.5. The van der Waals surface area contributed by atoms with E-state index in [4.69, 9.17) is 28.2 Å². The fraction of sp³-hybridized carbons (Fsp3) is 0.0667. The van der Waals surface area contributed by atoms with Crippen molar-refractivity contribution in [2.75, 3.05) is 5.32 Å². The Labute approximate surface area is 132 Å². The summed E-state index contributed by atoms with van der Waals surface area (Å²) in [7, 11) is 0. The molecule has 1 heterocycles. The molecule has 4 nitrogen and oxygen atoms in total. The van der Waals surface area contributed by atoms with Crippen LogP contribution in [0.5, 0.6) is 0 Å². The van der Waals surface area contributed by atoms with Crippen LogP contribution in [0.1, 0.15) is 0 Å². The van der Waals surface area contributed by atoms with E-state index in [-0.39, 0.29) is 0 Å². The first kappa shape index (κ1) is 13.9. The van der Waals surface area contributed by atoms with Gasteiger partial charge in [0.05, 0.1) is 10.6 Å². The van der Waals surface area contributed by atoms with Crippen molar-refractivity contribution in [1.82, 2.24) is 9.78 Å². The molecule has 0 saturated heterocycles. The third kappa shape index (κ3) is 3.15. The highest BCUT2D eigenvalue weighted by molar-refractivity contribution is 7.71. The third-order valence-electron chi connectivity index (χ3n) is 2.92. The van der Waals surface area contributed by atoms with Crippen molar-refractivity contribution < 1.29 is 4.42 Å². The lowest BCUT2D eigenvalue weighted by Gasteiger charge is -2.04. The second-order valence-corrected chi connectivity index (χ2v) is 5.11. The Balaban J connectivity index is 1.82. The van der Waals surface area contributed by atoms with E-state index in [1.165, 1.54) is 0 Å². The van der Waals surface area contributed by atoms with Crippen LogP contribution in [-0.2, 0) is 6.67 Å². The molecule has 106 valence electrons. The monoisotopic (exact) mass is 317 g/mol. The highest BCUT2D eigenvalue weighted by Crippen LogP contribution is 2.26. The number of benzene rings is 2. The fourth-order valence-corrected chi connectivity index (χ4v) is 2.27. The van der Waals surface area contributed by atoms with Crippen LogP contribution in [0, 0.1) is 4.84 Å². The first-order valence-corrected chi connectivity index (χ1v) is 7.14. The molecule has 0 atom stereocenters. The van der Waals surface area contributed by atoms with Gasteiger partial charge in [-0.15, -0.1) is 5.10 Å². The van der Waals surface area contributed by atoms with Crippen molar-refractivity contribution in [2.24, 2.45) is 0 Å². The van der Waals surface area contributed by atoms with Gasteiger partial charge in [-0.25, -0.2) is 4.68 Å². The minimum atomic E-state index is 0.299. The summed E-state index contributed by atoms with van der Waals surface area (Å²) in [6.07, 6.45) is 0. The van der Waals surface area contributed by atoms with Crippen molar-refractivity contribution in [3.8, 4) is 11.5 Å². The summed E-state index contributed by atoms with van der Waals surface area (Å²) < 4.78 is 7.10. The second kappa shape index (κ2) is 6.11. The number of para-hydroxylation sites is 1. The van der Waals surface area contributed by atoms with Gasteiger partial charge in [0.25, 0.3) is 4.84 Å². The average molecular weight is 318 g/mol. The molecule has 1 aromatic heterocycles. The zero-order valence-electron chi connectivity index (χ0n) is 11.0. The van der Waals surface area contributed by atoms with Gasteiger partial charge >= 0.3 is 0 Å². The predicted octanol–water partition coefficient (Wildman–Crippen LogP) is 4.60. The molecule has 0 aliphatic heterocycles. The zero-order valence-corrected chi connectivity index (χ0v) is 12.6. The van der Waals surface area contributed by atoms with E-state index < -0.39 is 0 Å². The quantitative estimate of drug-likeness (QED) is 0.714. The van der Waals surface area contributed by atoms with Gasteiger partial charge in [-0.05, 0) is 36.5 Å². The van der Waals surface area contributed by atoms with Crippen LogP contribution in [0.4, 0.5) is 5.69 Å². The number of nitrogens with zero attached hydrogens (tertiary/aromatic N) is 2. The van der Waals surface area contributed by atoms with Crippen molar-refractivity contribution in [3.63, 3.8) is 0 Å². The van der Waals surface area contributed by atoms with Crippen LogP contribution in [0.15, 0.2) is 59.0 Å². The lowest BCUT2D eigenvalue weighted by Crippen LogP contribution is -2.09. The summed E-state index contributed by atoms with van der Waals surface area (Å²) in [5.74, 6) is 0.417. The van der Waals surface area contributed by atoms with E-state index in [9.17, 15) is 0 Å². The summed E-state index contributed by atoms with van der Waals surface area (Å²) in [4.78, 5) is 0.299. The highest BCUT2D eigenvalue weighted by Gasteiger charge is 2.10. The van der Waals surface area contributed by atoms with Gasteiger partial charge in [0, 0.05) is 5.69 Å². The van der Waals surface area contributed by atoms with Gasteiger partial charge in [0.2, 0.25) is 5.89 Å². The SMILES string of the molecule is S=c1oc(-c2ccccc2Cl)nn1CNc1ccccc1. The molecule has 1 N–H and O–H groups in total. The first-order valence-electron chi connectivity index (χ1n) is 6.36. The van der Waals surface area contributed by atoms with E-state index >= 15 is 0 Å². The van der Waals surface area contributed by atoms with Crippen molar-refractivity contribution in [1.29, 1.82) is 0 Å². The van der Waals surface area contributed by atoms with Gasteiger partial charge in [-0.2, -0.15) is 0 Å². The zero-order chi connectivity index (χ0) is 14.7. The Morgan fingerprint density at radius 1 is 1.10 bits per heavy atom. The van der Waals surface area contributed by atoms with E-state index in [1.807, 2.05) is 48.5 Å². The lowest BCUT2D eigenvalue weighted by atomic mass is 10.2. The number of hydrogen-bond acceptors (Lipinski definition) is 4. The van der Waals surface area contributed by atoms with Crippen molar-refractivity contribution >= 4 is 29.5 Å². The van der Waals surface area contributed by atoms with Gasteiger partial charge in [-0.3, -0.25) is 0 Å². The highest BCUT2D eigenvalue weighted by atomic mass is 35.5. The third-order valence-corrected chi connectivity index (χ3v) is 3.54. The van der Waals surface area contributed by atoms with E-state index in [0.717, 1.165) is 11.3 Å². The van der Waals surface area contributed by atoms with Crippen LogP contribution in [0.3, 0.4) is 0 Å². The minimum Gasteiger partial charge on any atom is -0.409 e. The molecule has 0 fully saturated rings. The molecular weight excluding hydrogens is 306 g/mol. The van der Waals surface area contributed by atoms with Gasteiger partial charge in [-0.1, -0.05) is 41.9 Å². The van der Waals surface area contributed by atoms with Crippen molar-refractivity contribution in [2.45, 2.75) is 6.67 Å². The number of aromatic nitrogens is 2. The van der Waals surface area contributed by atoms with E-state index in [2.05, 4.69) is 10.4 Å². The maximum absolute atomic E-state index is 6.13. The molecule has 0 radical (unpaired) electrons. The molecular formula is C15H12ClN3OS. The van der Waals surface area contributed by atoms with Gasteiger partial charge < -0.3 is 9.73 Å². The molecule has 0 spiro atoms. The minimum absolute atomic E-state index is 0.299. The van der Waals surface area contributed by atoms with E-state index in [0.29, 0.717) is 22.4 Å². The van der Waals surface area contributed by atoms with Crippen molar-refractivity contribution in [3.05, 3.63) is 64.5 Å². The molecule has 0 bridgehead atoms. The number of rotatable bonds is 4. The standard InChI is InChI=1S/C15H12ClN3OS/c16-13-9-5-4-8-12(13)14-18-19(15(21)20-14)10-17-11-6-2-1-3-7-11/h1-9,17H,10H2. The van der Waals surface area contributed by atoms with Crippen LogP contribution in [0.2, 0.25) is 5.02 Å². The number of halogens is 1. The van der Waals surface area contributed by atoms with Gasteiger partial charge in [0.1, 0.15) is 6.67 Å². The number of nitrogens with one attached hydrogen (secondary N) is 1. The maximum Gasteiger partial charge on any atom is 0.289 e. The fourth-order valence-electron chi connectivity index (χ4n) is 1.87. The topological polar surface area (TPSA) is 43.0 Å². The summed E-state index contributed by atoms with van der Waals surface area (Å²) in [5.41, 5.74) is 1.71. The molecule has 0 aliphatic rings. The smallest absolute Gasteiger partial charge is 0.289 e. The number of hydrogen-bond donors (Lipinski definition) is 1. The second-order valence-electron chi connectivity index (χ2n) is 4.35. The van der Waals surface area contributed by atoms with E-state index in [1.54, 1.807) is 10.7 Å². The van der Waals surface area contributed by atoms with Crippen LogP contribution >= 0.6 is 23.8 Å². The molecule has 0 amide bonds. The molecule has 3 aromatic rings. The van der Waals surface area contributed by atoms with Crippen LogP contribution in [0.25, 0.3) is 11.5 Å². The molecule has 21 heavy (non-hydrogen) atoms. The largest absolute Gasteiger partial charge is 0.409 e. The Hall–Kier alpha value is -2.11. The molecule has 0 aliphatic carbocycles.